The number of Topliss-reactive ketones (excluding diaryl/α,β-unsaturated/α-hetero) is 1. The van der Waals surface area contributed by atoms with E-state index in [9.17, 15) is 15.0 Å². The van der Waals surface area contributed by atoms with Gasteiger partial charge < -0.3 is 20.3 Å². The number of carbonyl (C=O) groups excluding carboxylic acids is 1. The van der Waals surface area contributed by atoms with Crippen LogP contribution in [0.15, 0.2) is 18.2 Å². The highest BCUT2D eigenvalue weighted by Crippen LogP contribution is 2.86. The molecule has 226 valence electrons. The molecule has 0 amide bonds. The number of fused-ring (bicyclic) bond motifs is 5. The molecule has 7 rings (SSSR count). The van der Waals surface area contributed by atoms with Crippen molar-refractivity contribution in [2.24, 2.45) is 45.8 Å². The second-order valence-electron chi connectivity index (χ2n) is 15.0. The highest BCUT2D eigenvalue weighted by Gasteiger charge is 2.87. The first-order valence-corrected chi connectivity index (χ1v) is 18.6. The van der Waals surface area contributed by atoms with Crippen LogP contribution >= 0.6 is 21.6 Å². The van der Waals surface area contributed by atoms with E-state index in [0.29, 0.717) is 24.2 Å². The number of rotatable bonds is 3. The van der Waals surface area contributed by atoms with Crippen LogP contribution in [0, 0.1) is 45.8 Å². The predicted molar refractivity (Wildman–Crippen MR) is 168 cm³/mol. The summed E-state index contributed by atoms with van der Waals surface area (Å²) < 4.78 is 5.93. The van der Waals surface area contributed by atoms with Gasteiger partial charge in [0.2, 0.25) is 0 Å². The van der Waals surface area contributed by atoms with Gasteiger partial charge in [-0.15, -0.1) is 0 Å². The number of aliphatic hydroxyl groups excluding tert-OH is 1. The summed E-state index contributed by atoms with van der Waals surface area (Å²) in [6, 6.07) is 7.02. The molecule has 5 fully saturated rings. The normalized spacial score (nSPS) is 49.2. The van der Waals surface area contributed by atoms with Gasteiger partial charge >= 0.3 is 0 Å². The summed E-state index contributed by atoms with van der Waals surface area (Å²) in [6.45, 7) is 8.98. The molecule has 6 bridgehead atoms. The first-order chi connectivity index (χ1) is 19.5. The van der Waals surface area contributed by atoms with Gasteiger partial charge in [0.05, 0.1) is 24.2 Å². The number of ketones is 1. The summed E-state index contributed by atoms with van der Waals surface area (Å²) in [5.74, 6) is 3.90. The lowest BCUT2D eigenvalue weighted by molar-refractivity contribution is -0.221. The van der Waals surface area contributed by atoms with Crippen LogP contribution in [0.25, 0.3) is 0 Å². The zero-order chi connectivity index (χ0) is 28.9. The Morgan fingerprint density at radius 3 is 2.61 bits per heavy atom. The van der Waals surface area contributed by atoms with Crippen molar-refractivity contribution in [3.05, 3.63) is 29.3 Å². The van der Waals surface area contributed by atoms with E-state index < -0.39 is 11.7 Å². The Labute approximate surface area is 254 Å². The van der Waals surface area contributed by atoms with E-state index in [1.54, 1.807) is 7.11 Å². The molecule has 0 aromatic heterocycles. The van der Waals surface area contributed by atoms with E-state index in [0.717, 1.165) is 30.8 Å². The minimum absolute atomic E-state index is 0.0212. The maximum Gasteiger partial charge on any atom is 0.141 e. The van der Waals surface area contributed by atoms with Crippen LogP contribution in [0.2, 0.25) is 0 Å². The van der Waals surface area contributed by atoms with Crippen LogP contribution in [-0.4, -0.2) is 58.5 Å². The van der Waals surface area contributed by atoms with E-state index in [-0.39, 0.29) is 46.0 Å². The number of benzene rings is 1. The summed E-state index contributed by atoms with van der Waals surface area (Å²) in [5.41, 5.74) is 2.62. The van der Waals surface area contributed by atoms with Crippen molar-refractivity contribution in [2.75, 3.05) is 23.9 Å². The highest BCUT2D eigenvalue weighted by molar-refractivity contribution is 8.76. The Bertz CT molecular complexity index is 1230. The van der Waals surface area contributed by atoms with Crippen molar-refractivity contribution < 1.29 is 19.7 Å². The molecule has 3 N–H and O–H groups in total. The van der Waals surface area contributed by atoms with Crippen molar-refractivity contribution in [1.29, 1.82) is 0 Å². The molecule has 12 atom stereocenters. The van der Waals surface area contributed by atoms with Crippen LogP contribution in [-0.2, 0) is 22.4 Å². The molecule has 0 saturated heterocycles. The number of nitrogens with one attached hydrogen (secondary N) is 1. The van der Waals surface area contributed by atoms with E-state index >= 15 is 0 Å². The van der Waals surface area contributed by atoms with Crippen molar-refractivity contribution in [3.8, 4) is 0 Å². The van der Waals surface area contributed by atoms with Gasteiger partial charge in [-0.2, -0.15) is 0 Å². The number of anilines is 1. The zero-order valence-electron chi connectivity index (χ0n) is 25.4. The third-order valence-electron chi connectivity index (χ3n) is 14.0. The van der Waals surface area contributed by atoms with Crippen LogP contribution in [0.4, 0.5) is 5.69 Å². The Kier molecular flexibility index (Phi) is 7.00. The largest absolute Gasteiger partial charge is 0.391 e. The molecule has 5 nitrogen and oxygen atoms in total. The fourth-order valence-corrected chi connectivity index (χ4v) is 14.8. The van der Waals surface area contributed by atoms with Gasteiger partial charge in [0.1, 0.15) is 11.4 Å². The molecule has 1 aromatic rings. The lowest BCUT2D eigenvalue weighted by Gasteiger charge is -2.61. The molecule has 5 saturated carbocycles. The molecule has 0 unspecified atom stereocenters. The number of hydrogen-bond acceptors (Lipinski definition) is 7. The van der Waals surface area contributed by atoms with Crippen molar-refractivity contribution >= 4 is 33.1 Å². The maximum atomic E-state index is 13.5. The van der Waals surface area contributed by atoms with Crippen LogP contribution < -0.4 is 5.32 Å². The molecular formula is C34H49NO4S2. The van der Waals surface area contributed by atoms with Crippen LogP contribution in [0.5, 0.6) is 0 Å². The van der Waals surface area contributed by atoms with Gasteiger partial charge in [-0.25, -0.2) is 0 Å². The van der Waals surface area contributed by atoms with E-state index in [1.807, 2.05) is 28.5 Å². The lowest BCUT2D eigenvalue weighted by Crippen LogP contribution is -2.63. The Balaban J connectivity index is 1.26. The number of aryl methyl sites for hydroxylation is 1. The standard InChI is InChI=1S/C34H49NO4S2/c1-6-21-8-7-20-11-22-15-33(16-23(22)17-40-41-18-27(19(2)36)35-26(21)12-20)10-9-24-13-25-30-28(37)14-29(39-5)34(30,38)31(24,3)32(25,33)4/h7-8,12,19,22-25,27,29-30,35-36,38H,6,9-11,13-18H2,1-5H3/t19-,22+,23+,24-,25-,27-,29+,30+,31-,32-,33+,34+/m0/s1. The second kappa shape index (κ2) is 9.89. The third-order valence-corrected chi connectivity index (χ3v) is 16.6. The monoisotopic (exact) mass is 599 g/mol. The minimum Gasteiger partial charge on any atom is -0.391 e. The van der Waals surface area contributed by atoms with Gasteiger partial charge in [0, 0.05) is 36.1 Å². The Morgan fingerprint density at radius 1 is 1.12 bits per heavy atom. The van der Waals surface area contributed by atoms with Crippen LogP contribution in [0.3, 0.4) is 0 Å². The summed E-state index contributed by atoms with van der Waals surface area (Å²) >= 11 is 0. The fourth-order valence-electron chi connectivity index (χ4n) is 12.0. The topological polar surface area (TPSA) is 78.8 Å². The number of aliphatic hydroxyl groups is 2. The number of methoxy groups -OCH3 is 1. The minimum atomic E-state index is -1.04. The molecule has 1 aromatic carbocycles. The van der Waals surface area contributed by atoms with Gasteiger partial charge in [-0.1, -0.05) is 54.5 Å². The van der Waals surface area contributed by atoms with Gasteiger partial charge in [0.25, 0.3) is 0 Å². The Morgan fingerprint density at radius 2 is 1.88 bits per heavy atom. The third kappa shape index (κ3) is 3.65. The van der Waals surface area contributed by atoms with Crippen LogP contribution in [0.1, 0.15) is 77.3 Å². The first-order valence-electron chi connectivity index (χ1n) is 16.1. The van der Waals surface area contributed by atoms with Crippen molar-refractivity contribution in [2.45, 2.75) is 103 Å². The molecular weight excluding hydrogens is 551 g/mol. The molecule has 1 aliphatic heterocycles. The average molecular weight is 600 g/mol. The molecule has 7 heteroatoms. The second-order valence-corrected chi connectivity index (χ2v) is 17.6. The summed E-state index contributed by atoms with van der Waals surface area (Å²) in [4.78, 5) is 13.5. The van der Waals surface area contributed by atoms with E-state index in [2.05, 4.69) is 44.3 Å². The quantitative estimate of drug-likeness (QED) is 0.360. The molecule has 1 heterocycles. The molecule has 41 heavy (non-hydrogen) atoms. The summed E-state index contributed by atoms with van der Waals surface area (Å²) in [5, 5.41) is 26.9. The fraction of sp³-hybridized carbons (Fsp3) is 0.794. The van der Waals surface area contributed by atoms with Gasteiger partial charge in [-0.3, -0.25) is 4.79 Å². The zero-order valence-corrected chi connectivity index (χ0v) is 27.1. The van der Waals surface area contributed by atoms with Crippen molar-refractivity contribution in [1.82, 2.24) is 0 Å². The summed E-state index contributed by atoms with van der Waals surface area (Å²) in [7, 11) is 5.59. The number of carbonyl (C=O) groups is 1. The Hall–Kier alpha value is -0.730. The smallest absolute Gasteiger partial charge is 0.141 e. The number of hydrogen-bond donors (Lipinski definition) is 3. The molecule has 6 aliphatic rings. The average Bonchev–Trinajstić information content (AvgIpc) is 3.52. The first kappa shape index (κ1) is 29.0. The predicted octanol–water partition coefficient (Wildman–Crippen LogP) is 6.15. The maximum absolute atomic E-state index is 13.5. The highest BCUT2D eigenvalue weighted by atomic mass is 33.1. The number of ether oxygens (including phenoxy) is 1. The van der Waals surface area contributed by atoms with Gasteiger partial charge in [0.15, 0.2) is 0 Å². The molecule has 5 aliphatic carbocycles. The van der Waals surface area contributed by atoms with E-state index in [4.69, 9.17) is 4.74 Å². The molecule has 1 spiro atoms. The van der Waals surface area contributed by atoms with Gasteiger partial charge in [-0.05, 0) is 104 Å². The lowest BCUT2D eigenvalue weighted by atomic mass is 9.44. The SMILES string of the molecule is CCc1ccc2cc1N[C@H]([C@H](C)O)CSSC[C@H]1C[C@@]3(CC[C@H]4C[C@H]5[C@@H]6C(=O)C[C@@H](OC)[C@]6(O)[C@]4(C)[C@]53C)C[C@H]1C2. The van der Waals surface area contributed by atoms with E-state index in [1.165, 1.54) is 42.5 Å². The van der Waals surface area contributed by atoms with Crippen molar-refractivity contribution in [3.63, 3.8) is 0 Å². The molecule has 0 radical (unpaired) electrons. The summed E-state index contributed by atoms with van der Waals surface area (Å²) in [6.07, 6.45) is 7.51.